The monoisotopic (exact) mass is 291 g/mol. The molecule has 1 aromatic rings. The molecule has 2 rings (SSSR count). The summed E-state index contributed by atoms with van der Waals surface area (Å²) >= 11 is 0. The summed E-state index contributed by atoms with van der Waals surface area (Å²) in [6.45, 7) is 3.72. The van der Waals surface area contributed by atoms with Gasteiger partial charge in [0, 0.05) is 12.8 Å². The van der Waals surface area contributed by atoms with E-state index < -0.39 is 5.60 Å². The van der Waals surface area contributed by atoms with Gasteiger partial charge in [0.2, 0.25) is 0 Å². The molecule has 0 saturated heterocycles. The van der Waals surface area contributed by atoms with E-state index in [1.807, 2.05) is 31.2 Å². The highest BCUT2D eigenvalue weighted by Gasteiger charge is 2.30. The standard InChI is InChI=1S/C17H25NO3/c1-4-17(2,20-3)16(19)18-13-9-11-15(12-10-13)21-14-7-5-6-8-14/h9-12,14H,4-8H2,1-3H3,(H,18,19)/t17-/m0/s1. The van der Waals surface area contributed by atoms with Crippen LogP contribution in [0.2, 0.25) is 0 Å². The van der Waals surface area contributed by atoms with Gasteiger partial charge in [-0.05, 0) is 63.3 Å². The maximum atomic E-state index is 12.2. The molecule has 1 aliphatic rings. The Hall–Kier alpha value is -1.55. The van der Waals surface area contributed by atoms with Crippen LogP contribution in [-0.4, -0.2) is 24.7 Å². The van der Waals surface area contributed by atoms with Crippen LogP contribution in [0.25, 0.3) is 0 Å². The molecule has 4 nitrogen and oxygen atoms in total. The zero-order chi connectivity index (χ0) is 15.3. The smallest absolute Gasteiger partial charge is 0.256 e. The van der Waals surface area contributed by atoms with Gasteiger partial charge in [0.25, 0.3) is 5.91 Å². The molecule has 0 unspecified atom stereocenters. The first-order valence-corrected chi connectivity index (χ1v) is 7.70. The van der Waals surface area contributed by atoms with Crippen molar-refractivity contribution < 1.29 is 14.3 Å². The fourth-order valence-corrected chi connectivity index (χ4v) is 2.48. The number of rotatable bonds is 6. The quantitative estimate of drug-likeness (QED) is 0.868. The van der Waals surface area contributed by atoms with Gasteiger partial charge >= 0.3 is 0 Å². The minimum atomic E-state index is -0.793. The Morgan fingerprint density at radius 1 is 1.29 bits per heavy atom. The van der Waals surface area contributed by atoms with Crippen molar-refractivity contribution in [3.05, 3.63) is 24.3 Å². The van der Waals surface area contributed by atoms with Crippen molar-refractivity contribution in [3.8, 4) is 5.75 Å². The van der Waals surface area contributed by atoms with Gasteiger partial charge < -0.3 is 14.8 Å². The van der Waals surface area contributed by atoms with Crippen LogP contribution in [0.4, 0.5) is 5.69 Å². The lowest BCUT2D eigenvalue weighted by Gasteiger charge is -2.25. The molecule has 1 aromatic carbocycles. The molecule has 4 heteroatoms. The van der Waals surface area contributed by atoms with Gasteiger partial charge in [-0.25, -0.2) is 0 Å². The zero-order valence-electron chi connectivity index (χ0n) is 13.1. The van der Waals surface area contributed by atoms with Gasteiger partial charge in [0.05, 0.1) is 6.10 Å². The molecule has 116 valence electrons. The summed E-state index contributed by atoms with van der Waals surface area (Å²) in [5, 5.41) is 2.89. The Morgan fingerprint density at radius 3 is 2.43 bits per heavy atom. The lowest BCUT2D eigenvalue weighted by Crippen LogP contribution is -2.41. The average molecular weight is 291 g/mol. The van der Waals surface area contributed by atoms with Gasteiger partial charge in [-0.15, -0.1) is 0 Å². The van der Waals surface area contributed by atoms with Gasteiger partial charge in [-0.1, -0.05) is 6.92 Å². The van der Waals surface area contributed by atoms with Crippen LogP contribution in [0, 0.1) is 0 Å². The summed E-state index contributed by atoms with van der Waals surface area (Å²) in [5.41, 5.74) is -0.0329. The van der Waals surface area contributed by atoms with Crippen LogP contribution in [0.5, 0.6) is 5.75 Å². The Labute approximate surface area is 126 Å². The highest BCUT2D eigenvalue weighted by Crippen LogP contribution is 2.25. The van der Waals surface area contributed by atoms with Gasteiger partial charge in [-0.3, -0.25) is 4.79 Å². The summed E-state index contributed by atoms with van der Waals surface area (Å²) in [6.07, 6.45) is 5.76. The average Bonchev–Trinajstić information content (AvgIpc) is 3.01. The maximum absolute atomic E-state index is 12.2. The summed E-state index contributed by atoms with van der Waals surface area (Å²) in [4.78, 5) is 12.2. The van der Waals surface area contributed by atoms with Crippen molar-refractivity contribution in [2.24, 2.45) is 0 Å². The number of ether oxygens (including phenoxy) is 2. The number of carbonyl (C=O) groups is 1. The second-order valence-corrected chi connectivity index (χ2v) is 5.79. The van der Waals surface area contributed by atoms with E-state index in [4.69, 9.17) is 9.47 Å². The Balaban J connectivity index is 1.94. The molecular weight excluding hydrogens is 266 g/mol. The molecule has 1 N–H and O–H groups in total. The number of amides is 1. The molecule has 1 fully saturated rings. The molecule has 0 aliphatic heterocycles. The van der Waals surface area contributed by atoms with Crippen LogP contribution in [0.15, 0.2) is 24.3 Å². The molecule has 1 aliphatic carbocycles. The van der Waals surface area contributed by atoms with E-state index in [-0.39, 0.29) is 5.91 Å². The van der Waals surface area contributed by atoms with E-state index in [9.17, 15) is 4.79 Å². The number of anilines is 1. The Bertz CT molecular complexity index is 459. The number of nitrogens with one attached hydrogen (secondary N) is 1. The van der Waals surface area contributed by atoms with E-state index in [1.165, 1.54) is 12.8 Å². The second kappa shape index (κ2) is 6.94. The molecule has 1 amide bonds. The van der Waals surface area contributed by atoms with Crippen LogP contribution in [-0.2, 0) is 9.53 Å². The van der Waals surface area contributed by atoms with Crippen molar-refractivity contribution in [3.63, 3.8) is 0 Å². The Kier molecular flexibility index (Phi) is 5.23. The summed E-state index contributed by atoms with van der Waals surface area (Å²) in [5.74, 6) is 0.738. The van der Waals surface area contributed by atoms with Crippen molar-refractivity contribution in [1.82, 2.24) is 0 Å². The predicted octanol–water partition coefficient (Wildman–Crippen LogP) is 3.76. The summed E-state index contributed by atoms with van der Waals surface area (Å²) in [7, 11) is 1.56. The minimum absolute atomic E-state index is 0.128. The maximum Gasteiger partial charge on any atom is 0.256 e. The first kappa shape index (κ1) is 15.8. The van der Waals surface area contributed by atoms with Gasteiger partial charge in [0.15, 0.2) is 0 Å². The molecule has 0 spiro atoms. The molecule has 1 saturated carbocycles. The largest absolute Gasteiger partial charge is 0.490 e. The van der Waals surface area contributed by atoms with Crippen molar-refractivity contribution in [2.75, 3.05) is 12.4 Å². The summed E-state index contributed by atoms with van der Waals surface area (Å²) < 4.78 is 11.2. The third-order valence-electron chi connectivity index (χ3n) is 4.32. The highest BCUT2D eigenvalue weighted by atomic mass is 16.5. The van der Waals surface area contributed by atoms with Gasteiger partial charge in [0.1, 0.15) is 11.4 Å². The number of methoxy groups -OCH3 is 1. The zero-order valence-corrected chi connectivity index (χ0v) is 13.1. The van der Waals surface area contributed by atoms with Crippen LogP contribution in [0.3, 0.4) is 0 Å². The van der Waals surface area contributed by atoms with Crippen LogP contribution < -0.4 is 10.1 Å². The first-order chi connectivity index (χ1) is 10.1. The lowest BCUT2D eigenvalue weighted by molar-refractivity contribution is -0.136. The SMILES string of the molecule is CC[C@](C)(OC)C(=O)Nc1ccc(OC2CCCC2)cc1. The first-order valence-electron chi connectivity index (χ1n) is 7.70. The number of carbonyl (C=O) groups excluding carboxylic acids is 1. The normalized spacial score (nSPS) is 18.2. The van der Waals surface area contributed by atoms with E-state index >= 15 is 0 Å². The predicted molar refractivity (Wildman–Crippen MR) is 83.7 cm³/mol. The molecule has 1 atom stereocenters. The fourth-order valence-electron chi connectivity index (χ4n) is 2.48. The number of benzene rings is 1. The molecule has 0 heterocycles. The van der Waals surface area contributed by atoms with Crippen molar-refractivity contribution in [1.29, 1.82) is 0 Å². The highest BCUT2D eigenvalue weighted by molar-refractivity contribution is 5.97. The van der Waals surface area contributed by atoms with E-state index in [1.54, 1.807) is 14.0 Å². The van der Waals surface area contributed by atoms with Crippen LogP contribution in [0.1, 0.15) is 46.0 Å². The lowest BCUT2D eigenvalue weighted by atomic mass is 10.0. The van der Waals surface area contributed by atoms with Crippen molar-refractivity contribution >= 4 is 11.6 Å². The van der Waals surface area contributed by atoms with Gasteiger partial charge in [-0.2, -0.15) is 0 Å². The summed E-state index contributed by atoms with van der Waals surface area (Å²) in [6, 6.07) is 7.55. The number of hydrogen-bond acceptors (Lipinski definition) is 3. The third kappa shape index (κ3) is 3.97. The van der Waals surface area contributed by atoms with E-state index in [2.05, 4.69) is 5.32 Å². The molecule has 0 aromatic heterocycles. The van der Waals surface area contributed by atoms with Crippen molar-refractivity contribution in [2.45, 2.75) is 57.7 Å². The minimum Gasteiger partial charge on any atom is -0.490 e. The van der Waals surface area contributed by atoms with Crippen LogP contribution >= 0.6 is 0 Å². The van der Waals surface area contributed by atoms with E-state index in [0.717, 1.165) is 24.3 Å². The topological polar surface area (TPSA) is 47.6 Å². The molecule has 21 heavy (non-hydrogen) atoms. The Morgan fingerprint density at radius 2 is 1.90 bits per heavy atom. The molecular formula is C17H25NO3. The molecule has 0 bridgehead atoms. The third-order valence-corrected chi connectivity index (χ3v) is 4.32. The fraction of sp³-hybridized carbons (Fsp3) is 0.588. The van der Waals surface area contributed by atoms with E-state index in [0.29, 0.717) is 12.5 Å². The molecule has 0 radical (unpaired) electrons. The number of hydrogen-bond donors (Lipinski definition) is 1. The second-order valence-electron chi connectivity index (χ2n) is 5.79.